The molecule has 0 bridgehead atoms. The van der Waals surface area contributed by atoms with Crippen molar-refractivity contribution in [1.29, 1.82) is 0 Å². The zero-order chi connectivity index (χ0) is 15.6. The number of nitrogens with zero attached hydrogens (tertiary/aromatic N) is 2. The number of aromatic nitrogens is 2. The summed E-state index contributed by atoms with van der Waals surface area (Å²) >= 11 is 0. The van der Waals surface area contributed by atoms with Crippen molar-refractivity contribution in [3.05, 3.63) is 59.7 Å². The molecule has 1 aromatic heterocycles. The first-order valence-electron chi connectivity index (χ1n) is 8.28. The van der Waals surface area contributed by atoms with Crippen LogP contribution in [0.3, 0.4) is 0 Å². The summed E-state index contributed by atoms with van der Waals surface area (Å²) in [5.74, 6) is 2.81. The Morgan fingerprint density at radius 1 is 1.13 bits per heavy atom. The van der Waals surface area contributed by atoms with Crippen molar-refractivity contribution in [1.82, 2.24) is 15.5 Å². The Balaban J connectivity index is 1.53. The van der Waals surface area contributed by atoms with E-state index in [0.29, 0.717) is 18.3 Å². The van der Waals surface area contributed by atoms with Crippen molar-refractivity contribution < 1.29 is 4.52 Å². The van der Waals surface area contributed by atoms with E-state index in [2.05, 4.69) is 64.8 Å². The predicted octanol–water partition coefficient (Wildman–Crippen LogP) is 3.21. The molecule has 4 nitrogen and oxygen atoms in total. The highest BCUT2D eigenvalue weighted by molar-refractivity contribution is 5.85. The molecule has 3 aromatic rings. The smallest absolute Gasteiger partial charge is 0.226 e. The maximum atomic E-state index is 5.47. The number of rotatable bonds is 4. The van der Waals surface area contributed by atoms with Crippen LogP contribution >= 0.6 is 0 Å². The van der Waals surface area contributed by atoms with Gasteiger partial charge >= 0.3 is 0 Å². The van der Waals surface area contributed by atoms with E-state index in [1.807, 2.05) is 0 Å². The molecule has 4 rings (SSSR count). The van der Waals surface area contributed by atoms with E-state index < -0.39 is 0 Å². The predicted molar refractivity (Wildman–Crippen MR) is 90.3 cm³/mol. The third kappa shape index (κ3) is 2.99. The molecule has 1 fully saturated rings. The molecule has 0 saturated carbocycles. The number of fused-ring (bicyclic) bond motifs is 1. The molecule has 1 saturated heterocycles. The second-order valence-corrected chi connectivity index (χ2v) is 6.52. The molecule has 2 atom stereocenters. The molecule has 0 radical (unpaired) electrons. The zero-order valence-electron chi connectivity index (χ0n) is 13.3. The first-order chi connectivity index (χ1) is 11.3. The van der Waals surface area contributed by atoms with Crippen molar-refractivity contribution in [2.45, 2.75) is 19.8 Å². The average Bonchev–Trinajstić information content (AvgIpc) is 3.18. The van der Waals surface area contributed by atoms with E-state index in [0.717, 1.165) is 31.2 Å². The van der Waals surface area contributed by atoms with E-state index >= 15 is 0 Å². The van der Waals surface area contributed by atoms with Gasteiger partial charge in [-0.1, -0.05) is 54.5 Å². The molecular weight excluding hydrogens is 286 g/mol. The van der Waals surface area contributed by atoms with Gasteiger partial charge in [0, 0.05) is 12.8 Å². The maximum absolute atomic E-state index is 5.47. The third-order valence-electron chi connectivity index (χ3n) is 4.85. The van der Waals surface area contributed by atoms with Gasteiger partial charge in [-0.25, -0.2) is 0 Å². The number of hydrogen-bond acceptors (Lipinski definition) is 4. The first-order valence-corrected chi connectivity index (χ1v) is 8.28. The summed E-state index contributed by atoms with van der Waals surface area (Å²) in [4.78, 5) is 4.60. The van der Waals surface area contributed by atoms with E-state index in [-0.39, 0.29) is 0 Å². The second kappa shape index (κ2) is 6.13. The summed E-state index contributed by atoms with van der Waals surface area (Å²) in [6, 6.07) is 14.8. The fourth-order valence-electron chi connectivity index (χ4n) is 3.42. The van der Waals surface area contributed by atoms with Gasteiger partial charge in [0.2, 0.25) is 5.89 Å². The quantitative estimate of drug-likeness (QED) is 0.804. The van der Waals surface area contributed by atoms with Crippen LogP contribution in [-0.2, 0) is 12.8 Å². The molecule has 4 heteroatoms. The van der Waals surface area contributed by atoms with Gasteiger partial charge in [-0.3, -0.25) is 0 Å². The molecule has 2 heterocycles. The highest BCUT2D eigenvalue weighted by atomic mass is 16.5. The molecule has 1 aliphatic heterocycles. The minimum absolute atomic E-state index is 0.598. The van der Waals surface area contributed by atoms with Crippen LogP contribution in [0, 0.1) is 11.8 Å². The lowest BCUT2D eigenvalue weighted by Crippen LogP contribution is -2.13. The topological polar surface area (TPSA) is 51.0 Å². The van der Waals surface area contributed by atoms with Crippen LogP contribution in [0.1, 0.15) is 24.2 Å². The lowest BCUT2D eigenvalue weighted by molar-refractivity contribution is 0.335. The molecule has 0 spiro atoms. The minimum atomic E-state index is 0.598. The standard InChI is InChI=1S/C19H21N3O/c1-13-11-20-12-16(13)10-19-21-18(22-23-19)9-15-7-4-6-14-5-2-3-8-17(14)15/h2-8,13,16,20H,9-12H2,1H3/t13-,16-/m1/s1. The SMILES string of the molecule is C[C@@H]1CNC[C@H]1Cc1nc(Cc2cccc3ccccc23)no1. The Labute approximate surface area is 135 Å². The Hall–Kier alpha value is -2.20. The first kappa shape index (κ1) is 14.4. The second-order valence-electron chi connectivity index (χ2n) is 6.52. The average molecular weight is 307 g/mol. The fraction of sp³-hybridized carbons (Fsp3) is 0.368. The van der Waals surface area contributed by atoms with Crippen LogP contribution in [0.15, 0.2) is 47.0 Å². The zero-order valence-corrected chi connectivity index (χ0v) is 13.3. The van der Waals surface area contributed by atoms with Crippen molar-refractivity contribution in [2.75, 3.05) is 13.1 Å². The molecular formula is C19H21N3O. The van der Waals surface area contributed by atoms with E-state index in [1.165, 1.54) is 16.3 Å². The van der Waals surface area contributed by atoms with Crippen LogP contribution in [0.25, 0.3) is 10.8 Å². The molecule has 1 N–H and O–H groups in total. The molecule has 0 amide bonds. The highest BCUT2D eigenvalue weighted by Gasteiger charge is 2.25. The molecule has 1 aliphatic rings. The van der Waals surface area contributed by atoms with E-state index in [4.69, 9.17) is 4.52 Å². The molecule has 118 valence electrons. The van der Waals surface area contributed by atoms with Gasteiger partial charge in [-0.2, -0.15) is 4.98 Å². The van der Waals surface area contributed by atoms with Crippen molar-refractivity contribution in [3.63, 3.8) is 0 Å². The van der Waals surface area contributed by atoms with Crippen LogP contribution in [-0.4, -0.2) is 23.2 Å². The van der Waals surface area contributed by atoms with Crippen molar-refractivity contribution in [2.24, 2.45) is 11.8 Å². The van der Waals surface area contributed by atoms with E-state index in [1.54, 1.807) is 0 Å². The minimum Gasteiger partial charge on any atom is -0.339 e. The summed E-state index contributed by atoms with van der Waals surface area (Å²) < 4.78 is 5.47. The number of benzene rings is 2. The molecule has 0 aliphatic carbocycles. The van der Waals surface area contributed by atoms with Gasteiger partial charge in [0.15, 0.2) is 5.82 Å². The van der Waals surface area contributed by atoms with Crippen LogP contribution < -0.4 is 5.32 Å². The molecule has 23 heavy (non-hydrogen) atoms. The maximum Gasteiger partial charge on any atom is 0.226 e. The van der Waals surface area contributed by atoms with Gasteiger partial charge in [-0.05, 0) is 41.3 Å². The third-order valence-corrected chi connectivity index (χ3v) is 4.85. The monoisotopic (exact) mass is 307 g/mol. The van der Waals surface area contributed by atoms with Crippen LogP contribution in [0.5, 0.6) is 0 Å². The summed E-state index contributed by atoms with van der Waals surface area (Å²) in [7, 11) is 0. The number of hydrogen-bond donors (Lipinski definition) is 1. The van der Waals surface area contributed by atoms with Gasteiger partial charge in [-0.15, -0.1) is 0 Å². The summed E-state index contributed by atoms with van der Waals surface area (Å²) in [6.45, 7) is 4.40. The van der Waals surface area contributed by atoms with Crippen LogP contribution in [0.2, 0.25) is 0 Å². The van der Waals surface area contributed by atoms with Gasteiger partial charge < -0.3 is 9.84 Å². The van der Waals surface area contributed by atoms with Crippen molar-refractivity contribution in [3.8, 4) is 0 Å². The highest BCUT2D eigenvalue weighted by Crippen LogP contribution is 2.22. The molecule has 2 aromatic carbocycles. The van der Waals surface area contributed by atoms with Crippen LogP contribution in [0.4, 0.5) is 0 Å². The number of nitrogens with one attached hydrogen (secondary N) is 1. The Morgan fingerprint density at radius 2 is 2.00 bits per heavy atom. The summed E-state index contributed by atoms with van der Waals surface area (Å²) in [5, 5.41) is 10.1. The Bertz CT molecular complexity index is 806. The normalized spacial score (nSPS) is 21.1. The summed E-state index contributed by atoms with van der Waals surface area (Å²) in [6.07, 6.45) is 1.58. The van der Waals surface area contributed by atoms with Gasteiger partial charge in [0.25, 0.3) is 0 Å². The van der Waals surface area contributed by atoms with Gasteiger partial charge in [0.1, 0.15) is 0 Å². The van der Waals surface area contributed by atoms with Gasteiger partial charge in [0.05, 0.1) is 0 Å². The Morgan fingerprint density at radius 3 is 2.87 bits per heavy atom. The van der Waals surface area contributed by atoms with E-state index in [9.17, 15) is 0 Å². The Kier molecular flexibility index (Phi) is 3.83. The summed E-state index contributed by atoms with van der Waals surface area (Å²) in [5.41, 5.74) is 1.24. The fourth-order valence-corrected chi connectivity index (χ4v) is 3.42. The lowest BCUT2D eigenvalue weighted by atomic mass is 9.95. The lowest BCUT2D eigenvalue weighted by Gasteiger charge is -2.10. The largest absolute Gasteiger partial charge is 0.339 e. The van der Waals surface area contributed by atoms with Crippen molar-refractivity contribution >= 4 is 10.8 Å². The molecule has 0 unspecified atom stereocenters.